The van der Waals surface area contributed by atoms with Crippen LogP contribution < -0.4 is 21.3 Å². The van der Waals surface area contributed by atoms with Crippen LogP contribution in [-0.2, 0) is 0 Å². The molecule has 1 rings (SSSR count). The number of hydrogen-bond donors (Lipinski definition) is 4. The molecule has 0 aliphatic heterocycles. The Morgan fingerprint density at radius 3 is 1.10 bits per heavy atom. The lowest BCUT2D eigenvalue weighted by molar-refractivity contribution is 0.195. The quantitative estimate of drug-likeness (QED) is 0.465. The van der Waals surface area contributed by atoms with Gasteiger partial charge >= 0.3 is 12.1 Å². The predicted octanol–water partition coefficient (Wildman–Crippen LogP) is 5.33. The molecule has 1 fully saturated rings. The molecule has 0 saturated heterocycles. The van der Waals surface area contributed by atoms with E-state index in [9.17, 15) is 9.59 Å². The highest BCUT2D eigenvalue weighted by Crippen LogP contribution is 2.28. The van der Waals surface area contributed by atoms with Gasteiger partial charge in [-0.1, -0.05) is 41.5 Å². The number of hydrogen-bond acceptors (Lipinski definition) is 2. The van der Waals surface area contributed by atoms with Crippen LogP contribution in [0.2, 0.25) is 0 Å². The van der Waals surface area contributed by atoms with Gasteiger partial charge in [-0.25, -0.2) is 9.59 Å². The van der Waals surface area contributed by atoms with Gasteiger partial charge in [0.05, 0.1) is 0 Å². The lowest BCUT2D eigenvalue weighted by Gasteiger charge is -2.36. The molecule has 0 heterocycles. The molecule has 0 atom stereocenters. The van der Waals surface area contributed by atoms with E-state index in [-0.39, 0.29) is 46.1 Å². The van der Waals surface area contributed by atoms with Crippen molar-refractivity contribution in [2.75, 3.05) is 0 Å². The third kappa shape index (κ3) is 11.7. The van der Waals surface area contributed by atoms with Gasteiger partial charge < -0.3 is 21.3 Å². The van der Waals surface area contributed by atoms with Crippen LogP contribution in [0.25, 0.3) is 0 Å². The Bertz CT molecular complexity index is 525. The van der Waals surface area contributed by atoms with Gasteiger partial charge in [0.15, 0.2) is 0 Å². The molecule has 6 nitrogen and oxygen atoms in total. The van der Waals surface area contributed by atoms with E-state index < -0.39 is 0 Å². The Morgan fingerprint density at radius 2 is 0.867 bits per heavy atom. The molecule has 0 aromatic rings. The predicted molar refractivity (Wildman–Crippen MR) is 126 cm³/mol. The van der Waals surface area contributed by atoms with E-state index >= 15 is 0 Å². The van der Waals surface area contributed by atoms with Crippen LogP contribution in [0, 0.1) is 10.8 Å². The normalized spacial score (nSPS) is 21.0. The van der Waals surface area contributed by atoms with Gasteiger partial charge in [0.1, 0.15) is 0 Å². The first kappa shape index (κ1) is 26.6. The van der Waals surface area contributed by atoms with E-state index in [1.54, 1.807) is 0 Å². The van der Waals surface area contributed by atoms with E-state index in [0.29, 0.717) is 0 Å². The Balaban J connectivity index is 2.39. The summed E-state index contributed by atoms with van der Waals surface area (Å²) in [6, 6.07) is 0.132. The maximum absolute atomic E-state index is 12.4. The molecule has 0 aromatic carbocycles. The second kappa shape index (κ2) is 9.78. The molecule has 4 N–H and O–H groups in total. The third-order valence-corrected chi connectivity index (χ3v) is 5.25. The SMILES string of the molecule is CC(C)(C)CC(C)(C)NC(=O)N[C@H]1CC[C@H](NC(=O)NC(C)(C)CC(C)(C)C)CC1. The molecule has 176 valence electrons. The summed E-state index contributed by atoms with van der Waals surface area (Å²) in [5.74, 6) is 0. The highest BCUT2D eigenvalue weighted by atomic mass is 16.2. The molecule has 0 spiro atoms. The Hall–Kier alpha value is -1.46. The van der Waals surface area contributed by atoms with Crippen molar-refractivity contribution in [2.24, 2.45) is 10.8 Å². The molecule has 30 heavy (non-hydrogen) atoms. The fraction of sp³-hybridized carbons (Fsp3) is 0.917. The fourth-order valence-corrected chi connectivity index (χ4v) is 5.18. The minimum atomic E-state index is -0.251. The standard InChI is InChI=1S/C24H48N4O2/c1-21(2,3)15-23(7,8)27-19(29)25-17-11-13-18(14-12-17)26-20(30)28-24(9,10)16-22(4,5)6/h17-18H,11-16H2,1-10H3,(H2,25,27,29)(H2,26,28,30)/t17-,18-. The van der Waals surface area contributed by atoms with Crippen molar-refractivity contribution in [2.45, 2.75) is 131 Å². The van der Waals surface area contributed by atoms with Gasteiger partial charge in [0.25, 0.3) is 0 Å². The van der Waals surface area contributed by atoms with E-state index in [2.05, 4.69) is 90.5 Å². The second-order valence-electron chi connectivity index (χ2n) is 13.0. The maximum atomic E-state index is 12.4. The molecule has 1 aliphatic rings. The lowest BCUT2D eigenvalue weighted by atomic mass is 9.82. The zero-order valence-electron chi connectivity index (χ0n) is 21.2. The van der Waals surface area contributed by atoms with E-state index in [0.717, 1.165) is 38.5 Å². The number of amides is 4. The van der Waals surface area contributed by atoms with Crippen LogP contribution in [0.1, 0.15) is 108 Å². The minimum Gasteiger partial charge on any atom is -0.335 e. The molecule has 0 aromatic heterocycles. The van der Waals surface area contributed by atoms with Gasteiger partial charge in [-0.05, 0) is 77.0 Å². The molecular weight excluding hydrogens is 376 g/mol. The van der Waals surface area contributed by atoms with Crippen molar-refractivity contribution >= 4 is 12.1 Å². The summed E-state index contributed by atoms with van der Waals surface area (Å²) in [4.78, 5) is 24.9. The summed E-state index contributed by atoms with van der Waals surface area (Å²) >= 11 is 0. The van der Waals surface area contributed by atoms with Crippen LogP contribution in [0.15, 0.2) is 0 Å². The molecule has 1 saturated carbocycles. The summed E-state index contributed by atoms with van der Waals surface area (Å²) in [5.41, 5.74) is -0.191. The lowest BCUT2D eigenvalue weighted by Crippen LogP contribution is -2.55. The summed E-state index contributed by atoms with van der Waals surface area (Å²) in [6.45, 7) is 21.4. The van der Waals surface area contributed by atoms with Crippen molar-refractivity contribution in [1.29, 1.82) is 0 Å². The zero-order valence-corrected chi connectivity index (χ0v) is 21.2. The van der Waals surface area contributed by atoms with Crippen LogP contribution in [0.4, 0.5) is 9.59 Å². The fourth-order valence-electron chi connectivity index (χ4n) is 5.18. The monoisotopic (exact) mass is 424 g/mol. The number of rotatable bonds is 6. The van der Waals surface area contributed by atoms with Gasteiger partial charge in [-0.15, -0.1) is 0 Å². The Labute approximate surface area is 185 Å². The average Bonchev–Trinajstić information content (AvgIpc) is 2.42. The van der Waals surface area contributed by atoms with E-state index in [4.69, 9.17) is 0 Å². The number of urea groups is 2. The van der Waals surface area contributed by atoms with Crippen molar-refractivity contribution < 1.29 is 9.59 Å². The van der Waals surface area contributed by atoms with Gasteiger partial charge in [0, 0.05) is 23.2 Å². The van der Waals surface area contributed by atoms with E-state index in [1.165, 1.54) is 0 Å². The van der Waals surface area contributed by atoms with Gasteiger partial charge in [-0.2, -0.15) is 0 Å². The molecular formula is C24H48N4O2. The zero-order chi connectivity index (χ0) is 23.4. The van der Waals surface area contributed by atoms with Crippen molar-refractivity contribution in [3.05, 3.63) is 0 Å². The average molecular weight is 425 g/mol. The highest BCUT2D eigenvalue weighted by molar-refractivity contribution is 5.75. The van der Waals surface area contributed by atoms with Crippen molar-refractivity contribution in [3.63, 3.8) is 0 Å². The van der Waals surface area contributed by atoms with Gasteiger partial charge in [0.2, 0.25) is 0 Å². The number of carbonyl (C=O) groups excluding carboxylic acids is 2. The minimum absolute atomic E-state index is 0.0951. The summed E-state index contributed by atoms with van der Waals surface area (Å²) in [6.07, 6.45) is 5.33. The van der Waals surface area contributed by atoms with Crippen molar-refractivity contribution in [3.8, 4) is 0 Å². The smallest absolute Gasteiger partial charge is 0.315 e. The molecule has 0 radical (unpaired) electrons. The van der Waals surface area contributed by atoms with Crippen LogP contribution in [-0.4, -0.2) is 35.2 Å². The molecule has 0 unspecified atom stereocenters. The maximum Gasteiger partial charge on any atom is 0.315 e. The van der Waals surface area contributed by atoms with Crippen LogP contribution >= 0.6 is 0 Å². The van der Waals surface area contributed by atoms with Crippen LogP contribution in [0.3, 0.4) is 0 Å². The second-order valence-corrected chi connectivity index (χ2v) is 13.0. The Kier molecular flexibility index (Phi) is 8.66. The summed E-state index contributed by atoms with van der Waals surface area (Å²) in [5, 5.41) is 12.5. The number of carbonyl (C=O) groups is 2. The van der Waals surface area contributed by atoms with Gasteiger partial charge in [-0.3, -0.25) is 0 Å². The molecule has 0 bridgehead atoms. The molecule has 4 amide bonds. The molecule has 6 heteroatoms. The van der Waals surface area contributed by atoms with Crippen LogP contribution in [0.5, 0.6) is 0 Å². The third-order valence-electron chi connectivity index (χ3n) is 5.25. The first-order valence-electron chi connectivity index (χ1n) is 11.5. The number of nitrogens with one attached hydrogen (secondary N) is 4. The molecule has 1 aliphatic carbocycles. The Morgan fingerprint density at radius 1 is 0.600 bits per heavy atom. The van der Waals surface area contributed by atoms with E-state index in [1.807, 2.05) is 0 Å². The summed E-state index contributed by atoms with van der Waals surface area (Å²) < 4.78 is 0. The first-order chi connectivity index (χ1) is 13.4. The first-order valence-corrected chi connectivity index (χ1v) is 11.5. The van der Waals surface area contributed by atoms with Crippen molar-refractivity contribution in [1.82, 2.24) is 21.3 Å². The summed E-state index contributed by atoms with van der Waals surface area (Å²) in [7, 11) is 0. The topological polar surface area (TPSA) is 82.3 Å². The largest absolute Gasteiger partial charge is 0.335 e. The highest BCUT2D eigenvalue weighted by Gasteiger charge is 2.30.